The molecule has 0 radical (unpaired) electrons. The number of hydrogen-bond donors (Lipinski definition) is 0. The lowest BCUT2D eigenvalue weighted by Crippen LogP contribution is -2.30. The molecule has 0 saturated carbocycles. The second-order valence-corrected chi connectivity index (χ2v) is 24.5. The molecule has 0 aromatic rings. The van der Waals surface area contributed by atoms with Crippen molar-refractivity contribution in [1.29, 1.82) is 0 Å². The molecule has 6 nitrogen and oxygen atoms in total. The molecule has 1 atom stereocenters. The molecule has 0 fully saturated rings. The molecule has 0 rings (SSSR count). The first-order valence-corrected chi connectivity index (χ1v) is 35.7. The van der Waals surface area contributed by atoms with Crippen molar-refractivity contribution in [1.82, 2.24) is 0 Å². The van der Waals surface area contributed by atoms with Gasteiger partial charge in [0.1, 0.15) is 13.2 Å². The van der Waals surface area contributed by atoms with Gasteiger partial charge in [-0.3, -0.25) is 14.4 Å². The van der Waals surface area contributed by atoms with Crippen molar-refractivity contribution in [2.24, 2.45) is 0 Å². The van der Waals surface area contributed by atoms with Crippen LogP contribution >= 0.6 is 0 Å². The Morgan fingerprint density at radius 2 is 0.423 bits per heavy atom. The van der Waals surface area contributed by atoms with Crippen LogP contribution in [0, 0.1) is 0 Å². The summed E-state index contributed by atoms with van der Waals surface area (Å²) < 4.78 is 17.0. The highest BCUT2D eigenvalue weighted by Gasteiger charge is 2.19. The van der Waals surface area contributed by atoms with E-state index in [-0.39, 0.29) is 31.1 Å². The van der Waals surface area contributed by atoms with Crippen LogP contribution in [-0.2, 0) is 28.6 Å². The number of carbonyl (C=O) groups is 3. The number of allylic oxidation sites excluding steroid dienone is 2. The molecule has 0 spiro atoms. The lowest BCUT2D eigenvalue weighted by Gasteiger charge is -2.18. The first kappa shape index (κ1) is 76.1. The Bertz CT molecular complexity index is 1210. The summed E-state index contributed by atoms with van der Waals surface area (Å²) in [5.74, 6) is -0.837. The Labute approximate surface area is 488 Å². The van der Waals surface area contributed by atoms with Gasteiger partial charge in [0.15, 0.2) is 6.10 Å². The molecule has 0 aliphatic heterocycles. The number of rotatable bonds is 67. The van der Waals surface area contributed by atoms with Crippen molar-refractivity contribution >= 4 is 17.9 Å². The number of carbonyl (C=O) groups excluding carboxylic acids is 3. The molecule has 0 aliphatic rings. The maximum absolute atomic E-state index is 13.0. The lowest BCUT2D eigenvalue weighted by atomic mass is 10.0. The zero-order valence-corrected chi connectivity index (χ0v) is 53.2. The average Bonchev–Trinajstić information content (AvgIpc) is 3.44. The van der Waals surface area contributed by atoms with E-state index in [4.69, 9.17) is 14.2 Å². The summed E-state index contributed by atoms with van der Waals surface area (Å²) in [6.45, 7) is 6.73. The van der Waals surface area contributed by atoms with Crippen molar-refractivity contribution in [3.8, 4) is 0 Å². The van der Waals surface area contributed by atoms with E-state index >= 15 is 0 Å². The van der Waals surface area contributed by atoms with Crippen molar-refractivity contribution in [3.05, 3.63) is 12.2 Å². The average molecular weight is 1100 g/mol. The molecular weight excluding hydrogens is 961 g/mol. The minimum Gasteiger partial charge on any atom is -0.462 e. The van der Waals surface area contributed by atoms with E-state index in [2.05, 4.69) is 32.9 Å². The monoisotopic (exact) mass is 1100 g/mol. The summed E-state index contributed by atoms with van der Waals surface area (Å²) in [7, 11) is 0. The molecule has 462 valence electrons. The molecule has 0 bridgehead atoms. The summed E-state index contributed by atoms with van der Waals surface area (Å²) in [6, 6.07) is 0. The number of esters is 3. The highest BCUT2D eigenvalue weighted by molar-refractivity contribution is 5.71. The number of ether oxygens (including phenoxy) is 3. The summed E-state index contributed by atoms with van der Waals surface area (Å²) in [5, 5.41) is 0. The molecule has 0 saturated heterocycles. The highest BCUT2D eigenvalue weighted by atomic mass is 16.6. The fraction of sp³-hybridized carbons (Fsp3) is 0.931. The molecule has 0 amide bonds. The van der Waals surface area contributed by atoms with Gasteiger partial charge in [0.25, 0.3) is 0 Å². The van der Waals surface area contributed by atoms with Gasteiger partial charge in [0.05, 0.1) is 0 Å². The van der Waals surface area contributed by atoms with Gasteiger partial charge in [0.2, 0.25) is 0 Å². The van der Waals surface area contributed by atoms with Crippen LogP contribution in [0.5, 0.6) is 0 Å². The van der Waals surface area contributed by atoms with Crippen molar-refractivity contribution in [2.75, 3.05) is 13.2 Å². The predicted octanol–water partition coefficient (Wildman–Crippen LogP) is 24.4. The van der Waals surface area contributed by atoms with E-state index in [0.717, 1.165) is 64.2 Å². The van der Waals surface area contributed by atoms with Crippen LogP contribution in [0.25, 0.3) is 0 Å². The second-order valence-electron chi connectivity index (χ2n) is 24.5. The first-order chi connectivity index (χ1) is 38.5. The van der Waals surface area contributed by atoms with E-state index in [1.165, 1.54) is 308 Å². The van der Waals surface area contributed by atoms with Crippen LogP contribution in [-0.4, -0.2) is 37.2 Å². The van der Waals surface area contributed by atoms with Gasteiger partial charge in [-0.15, -0.1) is 0 Å². The third kappa shape index (κ3) is 65.0. The van der Waals surface area contributed by atoms with E-state index in [9.17, 15) is 14.4 Å². The van der Waals surface area contributed by atoms with Crippen LogP contribution in [0.2, 0.25) is 0 Å². The molecule has 0 N–H and O–H groups in total. The zero-order valence-electron chi connectivity index (χ0n) is 53.2. The van der Waals surface area contributed by atoms with Gasteiger partial charge in [0, 0.05) is 19.3 Å². The lowest BCUT2D eigenvalue weighted by molar-refractivity contribution is -0.167. The third-order valence-corrected chi connectivity index (χ3v) is 16.5. The van der Waals surface area contributed by atoms with Crippen LogP contribution in [0.15, 0.2) is 12.2 Å². The largest absolute Gasteiger partial charge is 0.462 e. The SMILES string of the molecule is CCCCCCCC/C=C\CCCCCCCC(=O)OCC(COC(=O)CCCCCCCCCCCCCCCCCCCCCCCCC)OC(=O)CCCCCCCCCCCCCCCCCCCCCCCC. The van der Waals surface area contributed by atoms with E-state index in [1.807, 2.05) is 0 Å². The Kier molecular flexibility index (Phi) is 66.0. The maximum Gasteiger partial charge on any atom is 0.306 e. The zero-order chi connectivity index (χ0) is 56.4. The molecule has 0 aromatic heterocycles. The van der Waals surface area contributed by atoms with Crippen LogP contribution in [0.1, 0.15) is 412 Å². The van der Waals surface area contributed by atoms with Gasteiger partial charge in [-0.1, -0.05) is 360 Å². The second kappa shape index (κ2) is 67.7. The van der Waals surface area contributed by atoms with Gasteiger partial charge in [-0.25, -0.2) is 0 Å². The Hall–Kier alpha value is -1.85. The van der Waals surface area contributed by atoms with E-state index in [0.29, 0.717) is 19.3 Å². The quantitative estimate of drug-likeness (QED) is 0.0261. The van der Waals surface area contributed by atoms with E-state index < -0.39 is 6.10 Å². The molecular formula is C72H138O6. The molecule has 0 aliphatic carbocycles. The summed E-state index contributed by atoms with van der Waals surface area (Å²) in [5.41, 5.74) is 0. The van der Waals surface area contributed by atoms with Gasteiger partial charge in [-0.05, 0) is 44.9 Å². The van der Waals surface area contributed by atoms with Crippen molar-refractivity contribution < 1.29 is 28.6 Å². The maximum atomic E-state index is 13.0. The Morgan fingerprint density at radius 1 is 0.244 bits per heavy atom. The number of unbranched alkanes of at least 4 members (excludes halogenated alkanes) is 54. The standard InChI is InChI=1S/C72H138O6/c1-4-7-10-13-16-19-22-25-28-30-32-34-36-38-39-41-44-47-50-53-56-59-62-65-71(74)77-68-69(67-76-70(73)64-61-58-55-52-49-46-43-27-24-21-18-15-12-9-6-3)78-72(75)66-63-60-57-54-51-48-45-42-40-37-35-33-31-29-26-23-20-17-14-11-8-5-2/h27,43,69H,4-26,28-42,44-68H2,1-3H3/b43-27-. The van der Waals surface area contributed by atoms with Crippen LogP contribution in [0.4, 0.5) is 0 Å². The number of hydrogen-bond acceptors (Lipinski definition) is 6. The molecule has 0 aromatic carbocycles. The van der Waals surface area contributed by atoms with Crippen molar-refractivity contribution in [3.63, 3.8) is 0 Å². The normalized spacial score (nSPS) is 12.0. The van der Waals surface area contributed by atoms with Gasteiger partial charge < -0.3 is 14.2 Å². The smallest absolute Gasteiger partial charge is 0.306 e. The topological polar surface area (TPSA) is 78.9 Å². The van der Waals surface area contributed by atoms with E-state index in [1.54, 1.807) is 0 Å². The first-order valence-electron chi connectivity index (χ1n) is 35.7. The molecule has 1 unspecified atom stereocenters. The Balaban J connectivity index is 4.25. The Morgan fingerprint density at radius 3 is 0.641 bits per heavy atom. The van der Waals surface area contributed by atoms with Gasteiger partial charge >= 0.3 is 17.9 Å². The fourth-order valence-corrected chi connectivity index (χ4v) is 11.2. The molecule has 6 heteroatoms. The summed E-state index contributed by atoms with van der Waals surface area (Å²) in [6.07, 6.45) is 81.0. The van der Waals surface area contributed by atoms with Gasteiger partial charge in [-0.2, -0.15) is 0 Å². The van der Waals surface area contributed by atoms with Crippen molar-refractivity contribution in [2.45, 2.75) is 419 Å². The molecule has 78 heavy (non-hydrogen) atoms. The fourth-order valence-electron chi connectivity index (χ4n) is 11.2. The summed E-state index contributed by atoms with van der Waals surface area (Å²) in [4.78, 5) is 38.4. The minimum absolute atomic E-state index is 0.0655. The minimum atomic E-state index is -0.770. The van der Waals surface area contributed by atoms with Crippen LogP contribution in [0.3, 0.4) is 0 Å². The highest BCUT2D eigenvalue weighted by Crippen LogP contribution is 2.19. The van der Waals surface area contributed by atoms with Crippen LogP contribution < -0.4 is 0 Å². The predicted molar refractivity (Wildman–Crippen MR) is 340 cm³/mol. The third-order valence-electron chi connectivity index (χ3n) is 16.5. The summed E-state index contributed by atoms with van der Waals surface area (Å²) >= 11 is 0. The molecule has 0 heterocycles.